The monoisotopic (exact) mass is 533 g/mol. The van der Waals surface area contributed by atoms with Gasteiger partial charge in [0.25, 0.3) is 5.91 Å². The van der Waals surface area contributed by atoms with Crippen molar-refractivity contribution in [2.24, 2.45) is 5.92 Å². The quantitative estimate of drug-likeness (QED) is 0.277. The van der Waals surface area contributed by atoms with E-state index in [1.807, 2.05) is 32.0 Å². The van der Waals surface area contributed by atoms with E-state index in [0.29, 0.717) is 6.42 Å². The number of benzene rings is 2. The van der Waals surface area contributed by atoms with E-state index < -0.39 is 11.4 Å². The summed E-state index contributed by atoms with van der Waals surface area (Å²) in [6.07, 6.45) is 2.03. The van der Waals surface area contributed by atoms with Crippen LogP contribution in [0.5, 0.6) is 0 Å². The Hall–Kier alpha value is -3.18. The Morgan fingerprint density at radius 3 is 2.45 bits per heavy atom. The topological polar surface area (TPSA) is 85.6 Å². The van der Waals surface area contributed by atoms with Crippen molar-refractivity contribution in [1.29, 1.82) is 5.26 Å². The first-order chi connectivity index (χ1) is 18.1. The largest absolute Gasteiger partial charge is 0.396 e. The minimum absolute atomic E-state index is 0.0343. The molecule has 6 nitrogen and oxygen atoms in total. The summed E-state index contributed by atoms with van der Waals surface area (Å²) in [5.74, 6) is 0.401. The van der Waals surface area contributed by atoms with Crippen molar-refractivity contribution in [1.82, 2.24) is 5.32 Å². The molecule has 2 aromatic carbocycles. The third-order valence-electron chi connectivity index (χ3n) is 5.95. The summed E-state index contributed by atoms with van der Waals surface area (Å²) < 4.78 is 5.46. The molecule has 1 aromatic heterocycles. The summed E-state index contributed by atoms with van der Waals surface area (Å²) in [4.78, 5) is 16.8. The molecule has 1 amide bonds. The van der Waals surface area contributed by atoms with E-state index >= 15 is 0 Å². The number of carbonyl (C=O) groups is 1. The van der Waals surface area contributed by atoms with E-state index in [0.717, 1.165) is 47.5 Å². The second-order valence-corrected chi connectivity index (χ2v) is 11.9. The molecule has 0 spiro atoms. The third-order valence-corrected chi connectivity index (χ3v) is 7.03. The highest BCUT2D eigenvalue weighted by atomic mass is 32.1. The maximum Gasteiger partial charge on any atom is 0.262 e. The highest BCUT2D eigenvalue weighted by molar-refractivity contribution is 7.16. The number of nitrogens with zero attached hydrogens (tertiary/aromatic N) is 2. The van der Waals surface area contributed by atoms with E-state index in [1.54, 1.807) is 17.4 Å². The van der Waals surface area contributed by atoms with Gasteiger partial charge in [-0.2, -0.15) is 5.26 Å². The van der Waals surface area contributed by atoms with Gasteiger partial charge in [-0.05, 0) is 78.9 Å². The van der Waals surface area contributed by atoms with Gasteiger partial charge in [0.1, 0.15) is 11.6 Å². The Labute approximate surface area is 230 Å². The van der Waals surface area contributed by atoms with Crippen molar-refractivity contribution in [3.63, 3.8) is 0 Å². The van der Waals surface area contributed by atoms with Gasteiger partial charge in [-0.1, -0.05) is 39.0 Å². The molecule has 1 aliphatic rings. The molecular formula is C31H39N3O3S. The van der Waals surface area contributed by atoms with Gasteiger partial charge < -0.3 is 20.1 Å². The molecule has 2 heterocycles. The van der Waals surface area contributed by atoms with E-state index in [1.165, 1.54) is 16.5 Å². The number of amides is 1. The number of nitriles is 1. The van der Waals surface area contributed by atoms with Crippen molar-refractivity contribution >= 4 is 39.8 Å². The predicted octanol–water partition coefficient (Wildman–Crippen LogP) is 6.25. The first-order valence-electron chi connectivity index (χ1n) is 13.1. The standard InChI is InChI=1S/C27H29N3O3S.C4H10/c1-27(2,9-12-31)29-26(32)22(18-28)17-24-7-8-25(34-24)21-4-3-20-16-23(6-5-19(20)15-21)30-10-13-33-14-11-30;1-4(2)3/h3-8,15-17,31H,9-14H2,1-2H3,(H,29,32);4H,1-3H3/b22-17+;. The number of carbonyl (C=O) groups excluding carboxylic acids is 1. The molecule has 1 fully saturated rings. The Kier molecular flexibility index (Phi) is 10.5. The van der Waals surface area contributed by atoms with E-state index in [2.05, 4.69) is 67.4 Å². The second-order valence-electron chi connectivity index (χ2n) is 10.8. The van der Waals surface area contributed by atoms with Gasteiger partial charge in [0.15, 0.2) is 0 Å². The number of hydrogen-bond acceptors (Lipinski definition) is 6. The fourth-order valence-electron chi connectivity index (χ4n) is 4.00. The molecule has 0 saturated carbocycles. The first-order valence-corrected chi connectivity index (χ1v) is 14.0. The predicted molar refractivity (Wildman–Crippen MR) is 158 cm³/mol. The molecule has 3 aromatic rings. The van der Waals surface area contributed by atoms with Crippen LogP contribution in [0.3, 0.4) is 0 Å². The van der Waals surface area contributed by atoms with E-state index in [4.69, 9.17) is 9.84 Å². The van der Waals surface area contributed by atoms with Gasteiger partial charge in [-0.25, -0.2) is 0 Å². The van der Waals surface area contributed by atoms with Gasteiger partial charge >= 0.3 is 0 Å². The molecule has 0 aliphatic carbocycles. The minimum Gasteiger partial charge on any atom is -0.396 e. The summed E-state index contributed by atoms with van der Waals surface area (Å²) >= 11 is 1.54. The molecule has 1 saturated heterocycles. The van der Waals surface area contributed by atoms with Crippen LogP contribution in [0.15, 0.2) is 54.1 Å². The molecule has 0 atom stereocenters. The SMILES string of the molecule is CC(C)(CCO)NC(=O)/C(C#N)=C/c1ccc(-c2ccc3cc(N4CCOCC4)ccc3c2)s1.CC(C)C. The Morgan fingerprint density at radius 2 is 1.79 bits per heavy atom. The highest BCUT2D eigenvalue weighted by Crippen LogP contribution is 2.33. The third kappa shape index (κ3) is 8.42. The van der Waals surface area contributed by atoms with Crippen molar-refractivity contribution in [3.8, 4) is 16.5 Å². The normalized spacial score (nSPS) is 14.2. The Morgan fingerprint density at radius 1 is 1.13 bits per heavy atom. The summed E-state index contributed by atoms with van der Waals surface area (Å²) in [6.45, 7) is 13.5. The average Bonchev–Trinajstić information content (AvgIpc) is 3.35. The fraction of sp³-hybridized carbons (Fsp3) is 0.419. The van der Waals surface area contributed by atoms with Crippen molar-refractivity contribution in [2.75, 3.05) is 37.8 Å². The number of morpholine rings is 1. The molecule has 4 rings (SSSR count). The van der Waals surface area contributed by atoms with Crippen LogP contribution < -0.4 is 10.2 Å². The lowest BCUT2D eigenvalue weighted by molar-refractivity contribution is -0.118. The lowest BCUT2D eigenvalue weighted by atomic mass is 10.0. The molecular weight excluding hydrogens is 494 g/mol. The van der Waals surface area contributed by atoms with Crippen molar-refractivity contribution < 1.29 is 14.6 Å². The minimum atomic E-state index is -0.588. The van der Waals surface area contributed by atoms with Crippen molar-refractivity contribution in [3.05, 3.63) is 59.0 Å². The number of aliphatic hydroxyl groups is 1. The molecule has 38 heavy (non-hydrogen) atoms. The zero-order valence-corrected chi connectivity index (χ0v) is 23.9. The van der Waals surface area contributed by atoms with Crippen LogP contribution in [0.4, 0.5) is 5.69 Å². The zero-order valence-electron chi connectivity index (χ0n) is 23.1. The zero-order chi connectivity index (χ0) is 27.7. The Balaban J connectivity index is 0.000000934. The number of aliphatic hydroxyl groups excluding tert-OH is 1. The highest BCUT2D eigenvalue weighted by Gasteiger charge is 2.22. The molecule has 1 aliphatic heterocycles. The van der Waals surface area contributed by atoms with Gasteiger partial charge in [0.2, 0.25) is 0 Å². The Bertz CT molecular complexity index is 1290. The molecule has 0 radical (unpaired) electrons. The van der Waals surface area contributed by atoms with Gasteiger partial charge in [0, 0.05) is 40.7 Å². The number of nitrogens with one attached hydrogen (secondary N) is 1. The van der Waals surface area contributed by atoms with Crippen LogP contribution in [0.2, 0.25) is 0 Å². The summed E-state index contributed by atoms with van der Waals surface area (Å²) in [7, 11) is 0. The van der Waals surface area contributed by atoms with Gasteiger partial charge in [0.05, 0.1) is 13.2 Å². The summed E-state index contributed by atoms with van der Waals surface area (Å²) in [6, 6.07) is 18.9. The second kappa shape index (κ2) is 13.6. The maximum atomic E-state index is 12.5. The van der Waals surface area contributed by atoms with E-state index in [-0.39, 0.29) is 12.2 Å². The summed E-state index contributed by atoms with van der Waals surface area (Å²) in [5, 5.41) is 23.9. The number of fused-ring (bicyclic) bond motifs is 1. The van der Waals surface area contributed by atoms with Crippen LogP contribution >= 0.6 is 11.3 Å². The maximum absolute atomic E-state index is 12.5. The average molecular weight is 534 g/mol. The van der Waals surface area contributed by atoms with Crippen molar-refractivity contribution in [2.45, 2.75) is 46.6 Å². The van der Waals surface area contributed by atoms with Crippen LogP contribution in [-0.2, 0) is 9.53 Å². The lowest BCUT2D eigenvalue weighted by Gasteiger charge is -2.29. The number of rotatable bonds is 7. The molecule has 0 unspecified atom stereocenters. The van der Waals surface area contributed by atoms with Crippen LogP contribution in [0, 0.1) is 17.2 Å². The molecule has 0 bridgehead atoms. The smallest absolute Gasteiger partial charge is 0.262 e. The van der Waals surface area contributed by atoms with Crippen LogP contribution in [-0.4, -0.2) is 49.5 Å². The number of thiophene rings is 1. The summed E-state index contributed by atoms with van der Waals surface area (Å²) in [5.41, 5.74) is 1.78. The van der Waals surface area contributed by atoms with Crippen LogP contribution in [0.25, 0.3) is 27.3 Å². The first kappa shape index (κ1) is 29.4. The number of ether oxygens (including phenoxy) is 1. The number of anilines is 1. The molecule has 202 valence electrons. The van der Waals surface area contributed by atoms with Gasteiger partial charge in [-0.3, -0.25) is 4.79 Å². The lowest BCUT2D eigenvalue weighted by Crippen LogP contribution is -2.44. The van der Waals surface area contributed by atoms with Crippen LogP contribution in [0.1, 0.15) is 45.9 Å². The van der Waals surface area contributed by atoms with Gasteiger partial charge in [-0.15, -0.1) is 11.3 Å². The molecule has 2 N–H and O–H groups in total. The number of hydrogen-bond donors (Lipinski definition) is 2. The van der Waals surface area contributed by atoms with E-state index in [9.17, 15) is 10.1 Å². The fourth-order valence-corrected chi connectivity index (χ4v) is 4.95. The molecule has 7 heteroatoms.